The van der Waals surface area contributed by atoms with Crippen LogP contribution in [0.2, 0.25) is 0 Å². The van der Waals surface area contributed by atoms with E-state index in [1.807, 2.05) is 6.92 Å². The van der Waals surface area contributed by atoms with Crippen molar-refractivity contribution in [2.24, 2.45) is 0 Å². The van der Waals surface area contributed by atoms with Crippen LogP contribution < -0.4 is 5.32 Å². The molecule has 4 heteroatoms. The van der Waals surface area contributed by atoms with E-state index in [1.54, 1.807) is 0 Å². The minimum Gasteiger partial charge on any atom is -0.314 e. The quantitative estimate of drug-likeness (QED) is 0.738. The average molecular weight is 204 g/mol. The molecule has 1 N–H and O–H groups in total. The van der Waals surface area contributed by atoms with Gasteiger partial charge in [-0.25, -0.2) is 0 Å². The van der Waals surface area contributed by atoms with Gasteiger partial charge < -0.3 is 4.57 Å². The summed E-state index contributed by atoms with van der Waals surface area (Å²) in [4.78, 5) is 0. The van der Waals surface area contributed by atoms with E-state index in [0.717, 1.165) is 24.6 Å². The minimum absolute atomic E-state index is 0.0848. The van der Waals surface area contributed by atoms with E-state index < -0.39 is 0 Å². The lowest BCUT2D eigenvalue weighted by molar-refractivity contribution is 0.494. The summed E-state index contributed by atoms with van der Waals surface area (Å²) in [5, 5.41) is 11.6. The van der Waals surface area contributed by atoms with Crippen LogP contribution in [0.4, 0.5) is 0 Å². The standard InChI is InChI=1S/C11H16N4/c1-3-9(2)12-8-11-14-13-10-6-4-5-7-15(10)11/h1,9,12H,4-8H2,2H3. The first-order valence-corrected chi connectivity index (χ1v) is 5.41. The molecule has 15 heavy (non-hydrogen) atoms. The highest BCUT2D eigenvalue weighted by Crippen LogP contribution is 2.13. The van der Waals surface area contributed by atoms with E-state index in [-0.39, 0.29) is 6.04 Å². The number of terminal acetylenes is 1. The fraction of sp³-hybridized carbons (Fsp3) is 0.636. The summed E-state index contributed by atoms with van der Waals surface area (Å²) < 4.78 is 2.21. The molecule has 1 aliphatic heterocycles. The second kappa shape index (κ2) is 4.45. The zero-order chi connectivity index (χ0) is 10.7. The number of nitrogens with zero attached hydrogens (tertiary/aromatic N) is 3. The van der Waals surface area contributed by atoms with Gasteiger partial charge in [-0.1, -0.05) is 5.92 Å². The Kier molecular flexibility index (Phi) is 3.02. The summed E-state index contributed by atoms with van der Waals surface area (Å²) in [7, 11) is 0. The Bertz CT molecular complexity index is 374. The summed E-state index contributed by atoms with van der Waals surface area (Å²) in [5.74, 6) is 4.76. The van der Waals surface area contributed by atoms with Crippen LogP contribution in [-0.2, 0) is 19.5 Å². The Hall–Kier alpha value is -1.34. The third-order valence-electron chi connectivity index (χ3n) is 2.75. The van der Waals surface area contributed by atoms with Crippen LogP contribution in [-0.4, -0.2) is 20.8 Å². The predicted molar refractivity (Wildman–Crippen MR) is 58.1 cm³/mol. The summed E-state index contributed by atoms with van der Waals surface area (Å²) in [6.45, 7) is 3.72. The fourth-order valence-electron chi connectivity index (χ4n) is 1.80. The van der Waals surface area contributed by atoms with Gasteiger partial charge in [0.15, 0.2) is 0 Å². The SMILES string of the molecule is C#CC(C)NCc1nnc2n1CCCC2. The van der Waals surface area contributed by atoms with Gasteiger partial charge >= 0.3 is 0 Å². The molecule has 80 valence electrons. The van der Waals surface area contributed by atoms with Crippen LogP contribution in [0.25, 0.3) is 0 Å². The van der Waals surface area contributed by atoms with Gasteiger partial charge in [-0.05, 0) is 19.8 Å². The van der Waals surface area contributed by atoms with Crippen molar-refractivity contribution in [3.05, 3.63) is 11.6 Å². The minimum atomic E-state index is 0.0848. The van der Waals surface area contributed by atoms with E-state index in [0.29, 0.717) is 6.54 Å². The van der Waals surface area contributed by atoms with E-state index in [9.17, 15) is 0 Å². The van der Waals surface area contributed by atoms with Crippen molar-refractivity contribution >= 4 is 0 Å². The second-order valence-corrected chi connectivity index (χ2v) is 3.91. The Balaban J connectivity index is 2.03. The van der Waals surface area contributed by atoms with E-state index in [2.05, 4.69) is 26.0 Å². The molecule has 1 atom stereocenters. The van der Waals surface area contributed by atoms with Crippen molar-refractivity contribution in [3.63, 3.8) is 0 Å². The highest BCUT2D eigenvalue weighted by atomic mass is 15.3. The molecule has 0 saturated carbocycles. The molecule has 0 bridgehead atoms. The molecule has 2 rings (SSSR count). The summed E-state index contributed by atoms with van der Waals surface area (Å²) in [6.07, 6.45) is 8.80. The predicted octanol–water partition coefficient (Wildman–Crippen LogP) is 0.726. The molecule has 0 spiro atoms. The molecular weight excluding hydrogens is 188 g/mol. The van der Waals surface area contributed by atoms with E-state index in [1.165, 1.54) is 12.8 Å². The largest absolute Gasteiger partial charge is 0.314 e. The average Bonchev–Trinajstić information content (AvgIpc) is 2.69. The topological polar surface area (TPSA) is 42.7 Å². The Labute approximate surface area is 90.1 Å². The van der Waals surface area contributed by atoms with Crippen molar-refractivity contribution in [3.8, 4) is 12.3 Å². The molecule has 1 aliphatic rings. The van der Waals surface area contributed by atoms with Gasteiger partial charge in [0.05, 0.1) is 12.6 Å². The molecule has 1 aromatic heterocycles. The van der Waals surface area contributed by atoms with Crippen LogP contribution in [0.15, 0.2) is 0 Å². The van der Waals surface area contributed by atoms with Crippen LogP contribution in [0.1, 0.15) is 31.4 Å². The smallest absolute Gasteiger partial charge is 0.147 e. The van der Waals surface area contributed by atoms with Crippen LogP contribution in [0.3, 0.4) is 0 Å². The summed E-state index contributed by atoms with van der Waals surface area (Å²) >= 11 is 0. The summed E-state index contributed by atoms with van der Waals surface area (Å²) in [5.41, 5.74) is 0. The van der Waals surface area contributed by atoms with Crippen molar-refractivity contribution in [2.75, 3.05) is 0 Å². The highest BCUT2D eigenvalue weighted by molar-refractivity contribution is 5.01. The first-order valence-electron chi connectivity index (χ1n) is 5.41. The second-order valence-electron chi connectivity index (χ2n) is 3.91. The third-order valence-corrected chi connectivity index (χ3v) is 2.75. The molecule has 0 aliphatic carbocycles. The van der Waals surface area contributed by atoms with Crippen molar-refractivity contribution in [1.82, 2.24) is 20.1 Å². The molecule has 1 aromatic rings. The zero-order valence-corrected chi connectivity index (χ0v) is 9.03. The fourth-order valence-corrected chi connectivity index (χ4v) is 1.80. The van der Waals surface area contributed by atoms with Gasteiger partial charge in [-0.15, -0.1) is 16.6 Å². The van der Waals surface area contributed by atoms with Gasteiger partial charge in [0.2, 0.25) is 0 Å². The molecule has 0 fully saturated rings. The van der Waals surface area contributed by atoms with E-state index in [4.69, 9.17) is 6.42 Å². The van der Waals surface area contributed by atoms with Gasteiger partial charge in [0.1, 0.15) is 11.6 Å². The van der Waals surface area contributed by atoms with Gasteiger partial charge in [-0.3, -0.25) is 5.32 Å². The number of rotatable bonds is 3. The molecule has 0 saturated heterocycles. The Morgan fingerprint density at radius 1 is 1.53 bits per heavy atom. The van der Waals surface area contributed by atoms with Gasteiger partial charge in [-0.2, -0.15) is 0 Å². The normalized spacial score (nSPS) is 16.8. The summed E-state index contributed by atoms with van der Waals surface area (Å²) in [6, 6.07) is 0.0848. The number of fused-ring (bicyclic) bond motifs is 1. The monoisotopic (exact) mass is 204 g/mol. The van der Waals surface area contributed by atoms with Crippen molar-refractivity contribution in [2.45, 2.75) is 45.3 Å². The number of aromatic nitrogens is 3. The molecule has 4 nitrogen and oxygen atoms in total. The van der Waals surface area contributed by atoms with E-state index >= 15 is 0 Å². The maximum atomic E-state index is 5.29. The molecular formula is C11H16N4. The van der Waals surface area contributed by atoms with Crippen LogP contribution >= 0.6 is 0 Å². The molecule has 2 heterocycles. The first-order chi connectivity index (χ1) is 7.31. The maximum Gasteiger partial charge on any atom is 0.147 e. The number of hydrogen-bond acceptors (Lipinski definition) is 3. The van der Waals surface area contributed by atoms with Crippen LogP contribution in [0, 0.1) is 12.3 Å². The molecule has 0 amide bonds. The maximum absolute atomic E-state index is 5.29. The zero-order valence-electron chi connectivity index (χ0n) is 9.03. The number of nitrogens with one attached hydrogen (secondary N) is 1. The number of aryl methyl sites for hydroxylation is 1. The molecule has 1 unspecified atom stereocenters. The first kappa shape index (κ1) is 10.2. The van der Waals surface area contributed by atoms with Crippen molar-refractivity contribution in [1.29, 1.82) is 0 Å². The lowest BCUT2D eigenvalue weighted by atomic mass is 10.2. The van der Waals surface area contributed by atoms with Gasteiger partial charge in [0, 0.05) is 13.0 Å². The van der Waals surface area contributed by atoms with Crippen molar-refractivity contribution < 1.29 is 0 Å². The lowest BCUT2D eigenvalue weighted by Crippen LogP contribution is -2.26. The van der Waals surface area contributed by atoms with Crippen LogP contribution in [0.5, 0.6) is 0 Å². The molecule has 0 radical (unpaired) electrons. The third kappa shape index (κ3) is 2.18. The number of hydrogen-bond donors (Lipinski definition) is 1. The van der Waals surface area contributed by atoms with Gasteiger partial charge in [0.25, 0.3) is 0 Å². The Morgan fingerprint density at radius 3 is 3.20 bits per heavy atom. The highest BCUT2D eigenvalue weighted by Gasteiger charge is 2.15. The molecule has 0 aromatic carbocycles. The lowest BCUT2D eigenvalue weighted by Gasteiger charge is -2.15. The Morgan fingerprint density at radius 2 is 2.40 bits per heavy atom.